The number of hydrogen-bond donors (Lipinski definition) is 1. The van der Waals surface area contributed by atoms with Crippen LogP contribution in [0.5, 0.6) is 0 Å². The summed E-state index contributed by atoms with van der Waals surface area (Å²) in [7, 11) is 0. The van der Waals surface area contributed by atoms with Crippen LogP contribution in [0, 0.1) is 10.1 Å². The Morgan fingerprint density at radius 2 is 1.82 bits per heavy atom. The zero-order valence-electron chi connectivity index (χ0n) is 12.5. The molecule has 0 fully saturated rings. The summed E-state index contributed by atoms with van der Waals surface area (Å²) in [5.74, 6) is 0. The molecule has 114 valence electrons. The molecule has 0 saturated heterocycles. The van der Waals surface area contributed by atoms with Gasteiger partial charge in [0.25, 0.3) is 5.69 Å². The summed E-state index contributed by atoms with van der Waals surface area (Å²) in [6.07, 6.45) is 2.91. The van der Waals surface area contributed by atoms with Crippen LogP contribution >= 0.6 is 0 Å². The molecule has 2 rings (SSSR count). The number of nitrogens with zero attached hydrogens (tertiary/aromatic N) is 2. The Labute approximate surface area is 129 Å². The molecule has 0 radical (unpaired) electrons. The second kappa shape index (κ2) is 7.93. The van der Waals surface area contributed by atoms with E-state index in [-0.39, 0.29) is 5.69 Å². The molecule has 0 unspecified atom stereocenters. The van der Waals surface area contributed by atoms with Crippen molar-refractivity contribution >= 4 is 17.1 Å². The van der Waals surface area contributed by atoms with E-state index in [1.807, 2.05) is 30.3 Å². The zero-order valence-corrected chi connectivity index (χ0v) is 12.5. The number of nitro benzene ring substituents is 1. The Balaban J connectivity index is 2.25. The molecule has 22 heavy (non-hydrogen) atoms. The van der Waals surface area contributed by atoms with E-state index in [4.69, 9.17) is 0 Å². The van der Waals surface area contributed by atoms with E-state index in [2.05, 4.69) is 17.5 Å². The van der Waals surface area contributed by atoms with E-state index >= 15 is 0 Å². The first-order chi connectivity index (χ1) is 10.7. The first-order valence-corrected chi connectivity index (χ1v) is 7.33. The van der Waals surface area contributed by atoms with Gasteiger partial charge in [0, 0.05) is 6.07 Å². The lowest BCUT2D eigenvalue weighted by Crippen LogP contribution is -2.05. The average Bonchev–Trinajstić information content (AvgIpc) is 2.56. The fourth-order valence-electron chi connectivity index (χ4n) is 2.09. The smallest absolute Gasteiger partial charge is 0.271 e. The minimum absolute atomic E-state index is 0.0224. The summed E-state index contributed by atoms with van der Waals surface area (Å²) in [4.78, 5) is 10.6. The van der Waals surface area contributed by atoms with E-state index in [1.165, 1.54) is 6.07 Å². The predicted octanol–water partition coefficient (Wildman–Crippen LogP) is 4.60. The van der Waals surface area contributed by atoms with E-state index < -0.39 is 4.92 Å². The molecule has 5 heteroatoms. The van der Waals surface area contributed by atoms with Crippen LogP contribution in [0.15, 0.2) is 59.7 Å². The second-order valence-electron chi connectivity index (χ2n) is 4.91. The van der Waals surface area contributed by atoms with Crippen LogP contribution in [-0.4, -0.2) is 10.6 Å². The third-order valence-electron chi connectivity index (χ3n) is 3.29. The Morgan fingerprint density at radius 1 is 1.14 bits per heavy atom. The van der Waals surface area contributed by atoms with Gasteiger partial charge < -0.3 is 0 Å². The highest BCUT2D eigenvalue weighted by molar-refractivity contribution is 6.01. The van der Waals surface area contributed by atoms with Gasteiger partial charge in [-0.1, -0.05) is 55.8 Å². The normalized spacial score (nSPS) is 11.2. The van der Waals surface area contributed by atoms with Crippen molar-refractivity contribution in [2.45, 2.75) is 26.2 Å². The van der Waals surface area contributed by atoms with Crippen LogP contribution in [0.2, 0.25) is 0 Å². The topological polar surface area (TPSA) is 67.5 Å². The highest BCUT2D eigenvalue weighted by Gasteiger charge is 2.12. The third-order valence-corrected chi connectivity index (χ3v) is 3.29. The van der Waals surface area contributed by atoms with Crippen LogP contribution in [0.1, 0.15) is 31.7 Å². The van der Waals surface area contributed by atoms with E-state index in [0.29, 0.717) is 5.69 Å². The van der Waals surface area contributed by atoms with Gasteiger partial charge >= 0.3 is 0 Å². The van der Waals surface area contributed by atoms with Crippen molar-refractivity contribution in [1.29, 1.82) is 0 Å². The van der Waals surface area contributed by atoms with Crippen molar-refractivity contribution in [2.24, 2.45) is 5.10 Å². The number of rotatable bonds is 7. The summed E-state index contributed by atoms with van der Waals surface area (Å²) < 4.78 is 0. The maximum Gasteiger partial charge on any atom is 0.294 e. The van der Waals surface area contributed by atoms with Crippen LogP contribution in [-0.2, 0) is 0 Å². The SMILES string of the molecule is CCCC/C(=N\Nc1ccccc1[N+](=O)[O-])c1ccccc1. The first kappa shape index (κ1) is 15.7. The van der Waals surface area contributed by atoms with Crippen molar-refractivity contribution in [3.8, 4) is 0 Å². The Kier molecular flexibility index (Phi) is 5.65. The highest BCUT2D eigenvalue weighted by atomic mass is 16.6. The quantitative estimate of drug-likeness (QED) is 0.461. The number of nitro groups is 1. The maximum absolute atomic E-state index is 11.0. The number of anilines is 1. The summed E-state index contributed by atoms with van der Waals surface area (Å²) in [5, 5.41) is 15.4. The van der Waals surface area contributed by atoms with Gasteiger partial charge in [-0.15, -0.1) is 0 Å². The van der Waals surface area contributed by atoms with Gasteiger partial charge in [0.1, 0.15) is 5.69 Å². The summed E-state index contributed by atoms with van der Waals surface area (Å²) >= 11 is 0. The van der Waals surface area contributed by atoms with Crippen molar-refractivity contribution in [3.05, 3.63) is 70.3 Å². The lowest BCUT2D eigenvalue weighted by molar-refractivity contribution is -0.384. The lowest BCUT2D eigenvalue weighted by Gasteiger charge is -2.08. The molecule has 2 aromatic rings. The zero-order chi connectivity index (χ0) is 15.8. The van der Waals surface area contributed by atoms with Gasteiger partial charge in [-0.25, -0.2) is 0 Å². The molecule has 0 aliphatic rings. The Hall–Kier alpha value is -2.69. The predicted molar refractivity (Wildman–Crippen MR) is 89.2 cm³/mol. The molecule has 0 saturated carbocycles. The Bertz CT molecular complexity index is 654. The third kappa shape index (κ3) is 4.15. The molecule has 0 spiro atoms. The molecule has 0 amide bonds. The summed E-state index contributed by atoms with van der Waals surface area (Å²) in [6.45, 7) is 2.12. The van der Waals surface area contributed by atoms with Gasteiger partial charge in [0.05, 0.1) is 10.6 Å². The minimum Gasteiger partial charge on any atom is -0.271 e. The van der Waals surface area contributed by atoms with E-state index in [9.17, 15) is 10.1 Å². The fraction of sp³-hybridized carbons (Fsp3) is 0.235. The largest absolute Gasteiger partial charge is 0.294 e. The maximum atomic E-state index is 11.0. The number of hydrogen-bond acceptors (Lipinski definition) is 4. The first-order valence-electron chi connectivity index (χ1n) is 7.33. The average molecular weight is 297 g/mol. The van der Waals surface area contributed by atoms with Gasteiger partial charge in [0.2, 0.25) is 0 Å². The number of nitrogens with one attached hydrogen (secondary N) is 1. The molecule has 0 heterocycles. The number of benzene rings is 2. The molecule has 0 aliphatic carbocycles. The van der Waals surface area contributed by atoms with Gasteiger partial charge in [-0.3, -0.25) is 15.5 Å². The van der Waals surface area contributed by atoms with Crippen molar-refractivity contribution < 1.29 is 4.92 Å². The molecule has 0 aromatic heterocycles. The number of para-hydroxylation sites is 2. The summed E-state index contributed by atoms with van der Waals surface area (Å²) in [6, 6.07) is 16.4. The van der Waals surface area contributed by atoms with Crippen LogP contribution in [0.4, 0.5) is 11.4 Å². The minimum atomic E-state index is -0.411. The fourth-order valence-corrected chi connectivity index (χ4v) is 2.09. The molecule has 2 aromatic carbocycles. The molecule has 0 bridgehead atoms. The molecule has 0 aliphatic heterocycles. The Morgan fingerprint density at radius 3 is 2.50 bits per heavy atom. The molecular formula is C17H19N3O2. The lowest BCUT2D eigenvalue weighted by atomic mass is 10.1. The molecular weight excluding hydrogens is 278 g/mol. The van der Waals surface area contributed by atoms with E-state index in [0.717, 1.165) is 30.5 Å². The molecule has 5 nitrogen and oxygen atoms in total. The highest BCUT2D eigenvalue weighted by Crippen LogP contribution is 2.23. The van der Waals surface area contributed by atoms with Crippen molar-refractivity contribution in [1.82, 2.24) is 0 Å². The van der Waals surface area contributed by atoms with Gasteiger partial charge in [-0.2, -0.15) is 5.10 Å². The van der Waals surface area contributed by atoms with Crippen LogP contribution in [0.3, 0.4) is 0 Å². The standard InChI is InChI=1S/C17H19N3O2/c1-2-3-11-15(14-9-5-4-6-10-14)18-19-16-12-7-8-13-17(16)20(21)22/h4-10,12-13,19H,2-3,11H2,1H3/b18-15+. The summed E-state index contributed by atoms with van der Waals surface area (Å²) in [5.41, 5.74) is 5.20. The molecule has 0 atom stereocenters. The second-order valence-corrected chi connectivity index (χ2v) is 4.91. The number of hydrazone groups is 1. The van der Waals surface area contributed by atoms with Gasteiger partial charge in [-0.05, 0) is 24.5 Å². The van der Waals surface area contributed by atoms with E-state index in [1.54, 1.807) is 18.2 Å². The van der Waals surface area contributed by atoms with Crippen LogP contribution < -0.4 is 5.43 Å². The van der Waals surface area contributed by atoms with Crippen molar-refractivity contribution in [3.63, 3.8) is 0 Å². The molecule has 1 N–H and O–H groups in total. The van der Waals surface area contributed by atoms with Crippen molar-refractivity contribution in [2.75, 3.05) is 5.43 Å². The monoisotopic (exact) mass is 297 g/mol. The van der Waals surface area contributed by atoms with Crippen LogP contribution in [0.25, 0.3) is 0 Å². The van der Waals surface area contributed by atoms with Gasteiger partial charge in [0.15, 0.2) is 0 Å². The number of unbranched alkanes of at least 4 members (excludes halogenated alkanes) is 1.